The molecule has 5 fully saturated rings. The summed E-state index contributed by atoms with van der Waals surface area (Å²) in [5.74, 6) is -7.10. The van der Waals surface area contributed by atoms with Crippen LogP contribution < -0.4 is 5.32 Å². The standard InChI is InChI=1S/C65H95NO21/c1-13-14-18-29-51-64(7,8)62(84-53(70)32-43-26-19-17-20-27-43)61(72)65(74,87-51)44(63(73)66-31-24-23-25-38(2)58(78-12)39(3)47-33-45(67)46(83-47)28-21-15-16-22-30-52(68)69)37-79-54-35-49(76-10)59(41(5)81-54)86-56-36-50(77-11)60(42(6)82-56)85-55-34-48(75-9)57(71)40(4)80-55/h13-30,39-42,44-51,54-62,67,71-72,74H,31-37H2,1-12H3,(H,66,73)(H,68,69). The topological polar surface area (TPSA) is 284 Å². The summed E-state index contributed by atoms with van der Waals surface area (Å²) in [6.07, 6.45) is 7.81. The first-order valence-electron chi connectivity index (χ1n) is 30.0. The van der Waals surface area contributed by atoms with Gasteiger partial charge in [-0.3, -0.25) is 9.59 Å². The zero-order valence-electron chi connectivity index (χ0n) is 52.2. The van der Waals surface area contributed by atoms with E-state index in [2.05, 4.69) is 5.32 Å². The van der Waals surface area contributed by atoms with Crippen molar-refractivity contribution in [3.63, 3.8) is 0 Å². The van der Waals surface area contributed by atoms with Crippen molar-refractivity contribution in [3.8, 4) is 0 Å². The summed E-state index contributed by atoms with van der Waals surface area (Å²) in [6.45, 7) is 14.0. The summed E-state index contributed by atoms with van der Waals surface area (Å²) >= 11 is 0. The highest BCUT2D eigenvalue weighted by Gasteiger charge is 2.63. The van der Waals surface area contributed by atoms with Crippen LogP contribution in [-0.4, -0.2) is 207 Å². The van der Waals surface area contributed by atoms with Gasteiger partial charge in [-0.15, -0.1) is 0 Å². The maximum atomic E-state index is 14.8. The molecular formula is C65H95NO21. The number of aliphatic carboxylic acids is 1. The number of carbonyl (C=O) groups is 3. The van der Waals surface area contributed by atoms with Crippen LogP contribution in [0.4, 0.5) is 0 Å². The van der Waals surface area contributed by atoms with E-state index in [0.29, 0.717) is 18.4 Å². The number of esters is 1. The third-order valence-electron chi connectivity index (χ3n) is 16.9. The summed E-state index contributed by atoms with van der Waals surface area (Å²) in [6, 6.07) is 8.96. The number of hydrogen-bond donors (Lipinski definition) is 6. The molecule has 6 N–H and O–H groups in total. The number of benzene rings is 1. The molecule has 486 valence electrons. The number of nitrogens with one attached hydrogen (secondary N) is 1. The van der Waals surface area contributed by atoms with Gasteiger partial charge in [0.1, 0.15) is 42.5 Å². The number of aliphatic hydroxyl groups is 4. The molecule has 22 unspecified atom stereocenters. The number of hydrogen-bond acceptors (Lipinski definition) is 20. The summed E-state index contributed by atoms with van der Waals surface area (Å²) in [5, 5.41) is 58.4. The highest BCUT2D eigenvalue weighted by atomic mass is 16.7. The number of allylic oxidation sites excluding steroid dienone is 9. The molecule has 5 aliphatic rings. The molecule has 5 saturated heterocycles. The van der Waals surface area contributed by atoms with Crippen molar-refractivity contribution in [3.05, 3.63) is 120 Å². The van der Waals surface area contributed by atoms with Crippen LogP contribution in [0, 0.1) is 17.3 Å². The average molecular weight is 1230 g/mol. The first-order valence-corrected chi connectivity index (χ1v) is 30.0. The van der Waals surface area contributed by atoms with Gasteiger partial charge in [0.15, 0.2) is 18.9 Å². The Bertz CT molecular complexity index is 2530. The molecule has 87 heavy (non-hydrogen) atoms. The summed E-state index contributed by atoms with van der Waals surface area (Å²) in [7, 11) is 6.24. The van der Waals surface area contributed by atoms with Gasteiger partial charge in [-0.1, -0.05) is 124 Å². The number of aliphatic hydroxyl groups excluding tert-OH is 3. The van der Waals surface area contributed by atoms with Crippen molar-refractivity contribution < 1.29 is 101 Å². The van der Waals surface area contributed by atoms with Gasteiger partial charge in [0, 0.05) is 78.1 Å². The zero-order chi connectivity index (χ0) is 63.6. The van der Waals surface area contributed by atoms with Crippen molar-refractivity contribution in [2.75, 3.05) is 41.6 Å². The van der Waals surface area contributed by atoms with Crippen LogP contribution >= 0.6 is 0 Å². The summed E-state index contributed by atoms with van der Waals surface area (Å²) in [4.78, 5) is 39.3. The Labute approximate surface area is 512 Å². The van der Waals surface area contributed by atoms with E-state index in [-0.39, 0.29) is 37.8 Å². The second-order valence-electron chi connectivity index (χ2n) is 23.5. The smallest absolute Gasteiger partial charge is 0.328 e. The molecule has 0 spiro atoms. The lowest BCUT2D eigenvalue weighted by molar-refractivity contribution is -0.367. The molecule has 22 atom stereocenters. The highest BCUT2D eigenvalue weighted by molar-refractivity contribution is 5.80. The number of carbonyl (C=O) groups excluding carboxylic acids is 2. The largest absolute Gasteiger partial charge is 0.478 e. The molecule has 0 radical (unpaired) electrons. The number of methoxy groups -OCH3 is 4. The Morgan fingerprint density at radius 3 is 1.98 bits per heavy atom. The maximum Gasteiger partial charge on any atom is 0.328 e. The molecule has 22 heteroatoms. The van der Waals surface area contributed by atoms with Gasteiger partial charge in [-0.25, -0.2) is 4.79 Å². The predicted molar refractivity (Wildman–Crippen MR) is 318 cm³/mol. The van der Waals surface area contributed by atoms with Crippen LogP contribution in [0.1, 0.15) is 86.6 Å². The molecule has 1 aromatic carbocycles. The molecule has 1 amide bonds. The molecule has 22 nitrogen and oxygen atoms in total. The zero-order valence-corrected chi connectivity index (χ0v) is 52.2. The SMILES string of the molecule is CC=CC=CC1OC(O)(C(COC2CC(OC)C(OC3CC(OC)C(OC4CC(OC)C(O)C(C)O4)C(C)O3)C(C)O2)C(=O)NCC=CC=C(C)C(OC)C(C)C2CC(O)C(C=CC=CC=CC(=O)O)O2)C(O)C(OC(=O)Cc2ccccc2)C1(C)C. The molecule has 0 bridgehead atoms. The lowest BCUT2D eigenvalue weighted by Crippen LogP contribution is -2.70. The van der Waals surface area contributed by atoms with Crippen molar-refractivity contribution in [1.29, 1.82) is 0 Å². The van der Waals surface area contributed by atoms with Crippen molar-refractivity contribution in [2.24, 2.45) is 17.3 Å². The van der Waals surface area contributed by atoms with Crippen molar-refractivity contribution in [1.82, 2.24) is 5.32 Å². The number of carboxylic acids is 1. The number of rotatable bonds is 28. The molecule has 5 heterocycles. The van der Waals surface area contributed by atoms with Crippen LogP contribution in [0.25, 0.3) is 0 Å². The molecule has 6 rings (SSSR count). The monoisotopic (exact) mass is 1230 g/mol. The maximum absolute atomic E-state index is 14.8. The fourth-order valence-electron chi connectivity index (χ4n) is 11.9. The van der Waals surface area contributed by atoms with Crippen LogP contribution in [0.15, 0.2) is 115 Å². The van der Waals surface area contributed by atoms with E-state index in [1.165, 1.54) is 20.3 Å². The number of carboxylic acid groups (broad SMARTS) is 1. The summed E-state index contributed by atoms with van der Waals surface area (Å²) < 4.78 is 80.4. The van der Waals surface area contributed by atoms with E-state index >= 15 is 0 Å². The van der Waals surface area contributed by atoms with Gasteiger partial charge >= 0.3 is 11.9 Å². The second-order valence-corrected chi connectivity index (χ2v) is 23.5. The van der Waals surface area contributed by atoms with E-state index in [4.69, 9.17) is 66.7 Å². The number of amides is 1. The van der Waals surface area contributed by atoms with E-state index in [0.717, 1.165) is 11.6 Å². The fraction of sp³-hybridized carbons (Fsp3) is 0.646. The van der Waals surface area contributed by atoms with Crippen LogP contribution in [0.2, 0.25) is 0 Å². The second kappa shape index (κ2) is 33.8. The molecule has 0 aliphatic carbocycles. The molecular weight excluding hydrogens is 1130 g/mol. The highest BCUT2D eigenvalue weighted by Crippen LogP contribution is 2.46. The molecule has 0 aromatic heterocycles. The van der Waals surface area contributed by atoms with Crippen LogP contribution in [-0.2, 0) is 82.4 Å². The van der Waals surface area contributed by atoms with Gasteiger partial charge in [0.25, 0.3) is 0 Å². The van der Waals surface area contributed by atoms with Gasteiger partial charge in [-0.05, 0) is 45.8 Å². The van der Waals surface area contributed by atoms with Crippen LogP contribution in [0.5, 0.6) is 0 Å². The minimum atomic E-state index is -2.74. The fourth-order valence-corrected chi connectivity index (χ4v) is 11.9. The average Bonchev–Trinajstić information content (AvgIpc) is 1.46. The van der Waals surface area contributed by atoms with E-state index in [1.807, 2.05) is 39.8 Å². The predicted octanol–water partition coefficient (Wildman–Crippen LogP) is 5.50. The van der Waals surface area contributed by atoms with Crippen LogP contribution in [0.3, 0.4) is 0 Å². The first kappa shape index (κ1) is 71.2. The lowest BCUT2D eigenvalue weighted by atomic mass is 9.71. The third-order valence-corrected chi connectivity index (χ3v) is 16.9. The van der Waals surface area contributed by atoms with Gasteiger partial charge < -0.3 is 92.4 Å². The quantitative estimate of drug-likeness (QED) is 0.0343. The Morgan fingerprint density at radius 2 is 1.36 bits per heavy atom. The Morgan fingerprint density at radius 1 is 0.759 bits per heavy atom. The Hall–Kier alpha value is -4.83. The minimum absolute atomic E-state index is 0.0526. The first-order chi connectivity index (χ1) is 41.5. The third kappa shape index (κ3) is 19.1. The molecule has 5 aliphatic heterocycles. The summed E-state index contributed by atoms with van der Waals surface area (Å²) in [5.41, 5.74) is 0.340. The Kier molecular flexibility index (Phi) is 27.7. The van der Waals surface area contributed by atoms with E-state index < -0.39 is 152 Å². The van der Waals surface area contributed by atoms with E-state index in [9.17, 15) is 34.8 Å². The van der Waals surface area contributed by atoms with Gasteiger partial charge in [0.05, 0.1) is 74.1 Å². The van der Waals surface area contributed by atoms with Crippen molar-refractivity contribution >= 4 is 17.8 Å². The molecule has 0 saturated carbocycles. The van der Waals surface area contributed by atoms with Gasteiger partial charge in [-0.2, -0.15) is 0 Å². The van der Waals surface area contributed by atoms with E-state index in [1.54, 1.807) is 127 Å². The van der Waals surface area contributed by atoms with Gasteiger partial charge in [0.2, 0.25) is 11.7 Å². The molecule has 1 aromatic rings. The normalized spacial score (nSPS) is 36.3. The minimum Gasteiger partial charge on any atom is -0.478 e. The lowest BCUT2D eigenvalue weighted by Gasteiger charge is -2.54. The van der Waals surface area contributed by atoms with Crippen molar-refractivity contribution in [2.45, 2.75) is 210 Å². The number of ether oxygens (including phenoxy) is 13. The Balaban J connectivity index is 1.18.